The molecule has 24 heavy (non-hydrogen) atoms. The topological polar surface area (TPSA) is 75.4 Å². The number of alkyl halides is 3. The highest BCUT2D eigenvalue weighted by Gasteiger charge is 2.40. The number of carboxylic acids is 1. The standard InChI is InChI=1S/C15H16F3N3O3/c1-14(2,13(23)24)20(3)11(22)8-21-10-7-5-4-6-9(10)19-12(21)15(16,17)18/h4-7H,8H2,1-3H3,(H,23,24). The lowest BCUT2D eigenvalue weighted by Gasteiger charge is -2.31. The third-order valence-electron chi connectivity index (χ3n) is 3.94. The summed E-state index contributed by atoms with van der Waals surface area (Å²) in [6.45, 7) is 1.93. The van der Waals surface area contributed by atoms with Crippen molar-refractivity contribution in [3.05, 3.63) is 30.1 Å². The van der Waals surface area contributed by atoms with E-state index in [4.69, 9.17) is 5.11 Å². The lowest BCUT2D eigenvalue weighted by atomic mass is 10.0. The van der Waals surface area contributed by atoms with Crippen molar-refractivity contribution in [2.45, 2.75) is 32.1 Å². The van der Waals surface area contributed by atoms with Gasteiger partial charge in [0.15, 0.2) is 0 Å². The number of nitrogens with zero attached hydrogens (tertiary/aromatic N) is 3. The molecule has 0 spiro atoms. The molecule has 0 saturated heterocycles. The van der Waals surface area contributed by atoms with E-state index in [1.807, 2.05) is 0 Å². The molecule has 0 fully saturated rings. The largest absolute Gasteiger partial charge is 0.480 e. The number of fused-ring (bicyclic) bond motifs is 1. The maximum absolute atomic E-state index is 13.2. The Morgan fingerprint density at radius 3 is 2.38 bits per heavy atom. The zero-order chi connectivity index (χ0) is 18.3. The van der Waals surface area contributed by atoms with Gasteiger partial charge in [-0.2, -0.15) is 13.2 Å². The van der Waals surface area contributed by atoms with Crippen molar-refractivity contribution in [1.29, 1.82) is 0 Å². The first-order valence-corrected chi connectivity index (χ1v) is 6.98. The van der Waals surface area contributed by atoms with E-state index in [-0.39, 0.29) is 11.0 Å². The molecule has 1 aromatic carbocycles. The van der Waals surface area contributed by atoms with E-state index in [9.17, 15) is 22.8 Å². The lowest BCUT2D eigenvalue weighted by molar-refractivity contribution is -0.156. The van der Waals surface area contributed by atoms with Crippen molar-refractivity contribution in [3.63, 3.8) is 0 Å². The smallest absolute Gasteiger partial charge is 0.449 e. The predicted molar refractivity (Wildman–Crippen MR) is 79.2 cm³/mol. The summed E-state index contributed by atoms with van der Waals surface area (Å²) in [6, 6.07) is 5.92. The zero-order valence-corrected chi connectivity index (χ0v) is 13.3. The van der Waals surface area contributed by atoms with Crippen molar-refractivity contribution < 1.29 is 27.9 Å². The minimum atomic E-state index is -4.74. The summed E-state index contributed by atoms with van der Waals surface area (Å²) in [5.41, 5.74) is -1.29. The van der Waals surface area contributed by atoms with Gasteiger partial charge in [-0.05, 0) is 26.0 Å². The molecule has 0 radical (unpaired) electrons. The number of halogens is 3. The Kier molecular flexibility index (Phi) is 4.30. The summed E-state index contributed by atoms with van der Waals surface area (Å²) in [6.07, 6.45) is -4.74. The molecule has 0 unspecified atom stereocenters. The number of rotatable bonds is 4. The van der Waals surface area contributed by atoms with E-state index in [0.29, 0.717) is 0 Å². The van der Waals surface area contributed by atoms with Crippen molar-refractivity contribution in [2.75, 3.05) is 7.05 Å². The summed E-state index contributed by atoms with van der Waals surface area (Å²) in [7, 11) is 1.24. The summed E-state index contributed by atoms with van der Waals surface area (Å²) in [5, 5.41) is 9.15. The highest BCUT2D eigenvalue weighted by molar-refractivity contribution is 5.87. The van der Waals surface area contributed by atoms with Crippen LogP contribution in [0.2, 0.25) is 0 Å². The molecule has 0 aliphatic carbocycles. The van der Waals surface area contributed by atoms with Gasteiger partial charge in [0.2, 0.25) is 11.7 Å². The van der Waals surface area contributed by atoms with Crippen molar-refractivity contribution >= 4 is 22.9 Å². The number of amides is 1. The SMILES string of the molecule is CN(C(=O)Cn1c(C(F)(F)F)nc2ccccc21)C(C)(C)C(=O)O. The minimum Gasteiger partial charge on any atom is -0.480 e. The van der Waals surface area contributed by atoms with Gasteiger partial charge in [-0.15, -0.1) is 0 Å². The maximum Gasteiger partial charge on any atom is 0.449 e. The molecule has 0 aliphatic heterocycles. The molecule has 1 heterocycles. The number of aromatic nitrogens is 2. The number of hydrogen-bond donors (Lipinski definition) is 1. The molecule has 0 saturated carbocycles. The van der Waals surface area contributed by atoms with Crippen LogP contribution in [0.3, 0.4) is 0 Å². The molecule has 0 atom stereocenters. The monoisotopic (exact) mass is 343 g/mol. The Bertz CT molecular complexity index is 796. The molecule has 9 heteroatoms. The molecule has 0 bridgehead atoms. The number of benzene rings is 1. The van der Waals surface area contributed by atoms with E-state index >= 15 is 0 Å². The van der Waals surface area contributed by atoms with E-state index in [0.717, 1.165) is 9.47 Å². The molecule has 1 amide bonds. The second-order valence-electron chi connectivity index (χ2n) is 5.82. The van der Waals surface area contributed by atoms with Gasteiger partial charge >= 0.3 is 12.1 Å². The number of carbonyl (C=O) groups excluding carboxylic acids is 1. The summed E-state index contributed by atoms with van der Waals surface area (Å²) >= 11 is 0. The first-order chi connectivity index (χ1) is 11.0. The van der Waals surface area contributed by atoms with Gasteiger partial charge in [0.25, 0.3) is 0 Å². The predicted octanol–water partition coefficient (Wildman–Crippen LogP) is 2.38. The molecular weight excluding hydrogens is 327 g/mol. The van der Waals surface area contributed by atoms with E-state index in [1.54, 1.807) is 6.07 Å². The van der Waals surface area contributed by atoms with E-state index in [2.05, 4.69) is 4.98 Å². The Hall–Kier alpha value is -2.58. The van der Waals surface area contributed by atoms with Crippen LogP contribution < -0.4 is 0 Å². The second-order valence-corrected chi connectivity index (χ2v) is 5.82. The number of likely N-dealkylation sites (N-methyl/N-ethyl adjacent to an activating group) is 1. The Labute approximate surface area is 135 Å². The summed E-state index contributed by atoms with van der Waals surface area (Å²) in [4.78, 5) is 28.0. The quantitative estimate of drug-likeness (QED) is 0.925. The molecule has 1 N–H and O–H groups in total. The van der Waals surface area contributed by atoms with Crippen LogP contribution >= 0.6 is 0 Å². The van der Waals surface area contributed by atoms with Crippen molar-refractivity contribution in [3.8, 4) is 0 Å². The van der Waals surface area contributed by atoms with Gasteiger partial charge in [0.05, 0.1) is 11.0 Å². The van der Waals surface area contributed by atoms with Crippen LogP contribution in [0.25, 0.3) is 11.0 Å². The molecule has 0 aliphatic rings. The second kappa shape index (κ2) is 5.81. The van der Waals surface area contributed by atoms with Gasteiger partial charge in [-0.1, -0.05) is 12.1 Å². The fourth-order valence-corrected chi connectivity index (χ4v) is 2.15. The normalized spacial score (nSPS) is 12.4. The molecule has 2 aromatic rings. The van der Waals surface area contributed by atoms with E-state index in [1.165, 1.54) is 39.1 Å². The number of para-hydroxylation sites is 2. The third kappa shape index (κ3) is 3.06. The molecule has 1 aromatic heterocycles. The molecular formula is C15H16F3N3O3. The average Bonchev–Trinajstić information content (AvgIpc) is 2.85. The number of hydrogen-bond acceptors (Lipinski definition) is 3. The Morgan fingerprint density at radius 2 is 1.83 bits per heavy atom. The van der Waals surface area contributed by atoms with Crippen molar-refractivity contribution in [2.24, 2.45) is 0 Å². The number of carboxylic acid groups (broad SMARTS) is 1. The third-order valence-corrected chi connectivity index (χ3v) is 3.94. The maximum atomic E-state index is 13.2. The lowest BCUT2D eigenvalue weighted by Crippen LogP contribution is -2.51. The van der Waals surface area contributed by atoms with Gasteiger partial charge in [0.1, 0.15) is 12.1 Å². The number of carbonyl (C=O) groups is 2. The highest BCUT2D eigenvalue weighted by atomic mass is 19.4. The molecule has 2 rings (SSSR count). The average molecular weight is 343 g/mol. The van der Waals surface area contributed by atoms with Crippen LogP contribution in [0.15, 0.2) is 24.3 Å². The minimum absolute atomic E-state index is 0.109. The van der Waals surface area contributed by atoms with Crippen LogP contribution in [0.5, 0.6) is 0 Å². The van der Waals surface area contributed by atoms with Crippen LogP contribution in [0, 0.1) is 0 Å². The number of aliphatic carboxylic acids is 1. The Balaban J connectivity index is 2.46. The van der Waals surface area contributed by atoms with Crippen LogP contribution in [0.4, 0.5) is 13.2 Å². The van der Waals surface area contributed by atoms with Gasteiger partial charge in [-0.3, -0.25) is 4.79 Å². The van der Waals surface area contributed by atoms with Crippen LogP contribution in [0.1, 0.15) is 19.7 Å². The van der Waals surface area contributed by atoms with E-state index < -0.39 is 36.0 Å². The summed E-state index contributed by atoms with van der Waals surface area (Å²) in [5.74, 6) is -3.22. The zero-order valence-electron chi connectivity index (χ0n) is 13.3. The fraction of sp³-hybridized carbons (Fsp3) is 0.400. The summed E-state index contributed by atoms with van der Waals surface area (Å²) < 4.78 is 40.3. The first-order valence-electron chi connectivity index (χ1n) is 6.98. The Morgan fingerprint density at radius 1 is 1.25 bits per heavy atom. The van der Waals surface area contributed by atoms with Gasteiger partial charge < -0.3 is 14.6 Å². The highest BCUT2D eigenvalue weighted by Crippen LogP contribution is 2.31. The fourth-order valence-electron chi connectivity index (χ4n) is 2.15. The van der Waals surface area contributed by atoms with Crippen molar-refractivity contribution in [1.82, 2.24) is 14.5 Å². The first kappa shape index (κ1) is 17.8. The molecule has 130 valence electrons. The van der Waals surface area contributed by atoms with Gasteiger partial charge in [-0.25, -0.2) is 9.78 Å². The van der Waals surface area contributed by atoms with Gasteiger partial charge in [0, 0.05) is 7.05 Å². The molecule has 6 nitrogen and oxygen atoms in total. The van der Waals surface area contributed by atoms with Crippen LogP contribution in [-0.4, -0.2) is 44.0 Å². The number of imidazole rings is 1. The van der Waals surface area contributed by atoms with Crippen LogP contribution in [-0.2, 0) is 22.3 Å².